The van der Waals surface area contributed by atoms with Crippen molar-refractivity contribution in [3.05, 3.63) is 45.0 Å². The van der Waals surface area contributed by atoms with Crippen LogP contribution < -0.4 is 10.5 Å². The lowest BCUT2D eigenvalue weighted by molar-refractivity contribution is 0.0969. The van der Waals surface area contributed by atoms with Crippen molar-refractivity contribution in [1.29, 1.82) is 0 Å². The quantitative estimate of drug-likeness (QED) is 0.789. The van der Waals surface area contributed by atoms with Gasteiger partial charge in [-0.15, -0.1) is 11.3 Å². The van der Waals surface area contributed by atoms with Crippen molar-refractivity contribution in [3.63, 3.8) is 0 Å². The van der Waals surface area contributed by atoms with Crippen LogP contribution in [0.25, 0.3) is 0 Å². The number of anilines is 1. The van der Waals surface area contributed by atoms with E-state index in [-0.39, 0.29) is 17.9 Å². The van der Waals surface area contributed by atoms with Crippen molar-refractivity contribution in [2.45, 2.75) is 6.54 Å². The molecule has 0 amide bonds. The zero-order valence-corrected chi connectivity index (χ0v) is 12.2. The first-order chi connectivity index (χ1) is 10.2. The average Bonchev–Trinajstić information content (AvgIpc) is 3.04. The molecule has 2 aromatic rings. The Hall–Kier alpha value is -1.99. The van der Waals surface area contributed by atoms with Crippen LogP contribution in [0.5, 0.6) is 0 Å². The number of thiophene rings is 1. The molecule has 0 aromatic carbocycles. The molecule has 21 heavy (non-hydrogen) atoms. The molecule has 2 aromatic heterocycles. The summed E-state index contributed by atoms with van der Waals surface area (Å²) in [6.45, 7) is 2.78. The number of nitrogens with zero attached hydrogens (tertiary/aromatic N) is 3. The Morgan fingerprint density at radius 3 is 2.86 bits per heavy atom. The molecule has 0 N–H and O–H groups in total. The Morgan fingerprint density at radius 1 is 1.38 bits per heavy atom. The second kappa shape index (κ2) is 6.19. The maximum absolute atomic E-state index is 12.1. The van der Waals surface area contributed by atoms with Gasteiger partial charge in [0.05, 0.1) is 30.0 Å². The van der Waals surface area contributed by atoms with Crippen molar-refractivity contribution in [2.75, 3.05) is 31.2 Å². The van der Waals surface area contributed by atoms with Gasteiger partial charge in [-0.05, 0) is 11.4 Å². The summed E-state index contributed by atoms with van der Waals surface area (Å²) in [6, 6.07) is 5.09. The molecule has 1 saturated heterocycles. The van der Waals surface area contributed by atoms with Crippen LogP contribution in [0.3, 0.4) is 0 Å². The maximum Gasteiger partial charge on any atom is 0.269 e. The number of ether oxygens (including phenoxy) is 1. The summed E-state index contributed by atoms with van der Waals surface area (Å²) in [5, 5.41) is 5.95. The molecule has 1 aliphatic heterocycles. The smallest absolute Gasteiger partial charge is 0.269 e. The molecule has 0 atom stereocenters. The fourth-order valence-corrected chi connectivity index (χ4v) is 2.85. The number of ketones is 1. The fraction of sp³-hybridized carbons (Fsp3) is 0.357. The molecule has 0 aliphatic carbocycles. The number of aromatic nitrogens is 2. The van der Waals surface area contributed by atoms with Crippen molar-refractivity contribution in [3.8, 4) is 0 Å². The van der Waals surface area contributed by atoms with Crippen LogP contribution >= 0.6 is 11.3 Å². The monoisotopic (exact) mass is 305 g/mol. The predicted molar refractivity (Wildman–Crippen MR) is 80.2 cm³/mol. The van der Waals surface area contributed by atoms with Gasteiger partial charge in [0, 0.05) is 19.2 Å². The van der Waals surface area contributed by atoms with E-state index in [1.54, 1.807) is 12.3 Å². The Morgan fingerprint density at radius 2 is 2.19 bits per heavy atom. The zero-order chi connectivity index (χ0) is 14.7. The number of morpholine rings is 1. The first-order valence-corrected chi connectivity index (χ1v) is 7.58. The van der Waals surface area contributed by atoms with Crippen LogP contribution in [-0.2, 0) is 11.3 Å². The summed E-state index contributed by atoms with van der Waals surface area (Å²) in [5.41, 5.74) is 0.520. The molecule has 6 nitrogen and oxygen atoms in total. The SMILES string of the molecule is O=C(Cn1ncc(N2CCOCC2)cc1=O)c1cccs1. The summed E-state index contributed by atoms with van der Waals surface area (Å²) in [6.07, 6.45) is 1.63. The minimum Gasteiger partial charge on any atom is -0.378 e. The lowest BCUT2D eigenvalue weighted by Crippen LogP contribution is -2.37. The van der Waals surface area contributed by atoms with Crippen LogP contribution in [0.1, 0.15) is 9.67 Å². The highest BCUT2D eigenvalue weighted by Crippen LogP contribution is 2.12. The van der Waals surface area contributed by atoms with Gasteiger partial charge in [0.25, 0.3) is 5.56 Å². The van der Waals surface area contributed by atoms with Gasteiger partial charge in [-0.3, -0.25) is 9.59 Å². The Bertz CT molecular complexity index is 675. The van der Waals surface area contributed by atoms with Crippen LogP contribution in [0, 0.1) is 0 Å². The molecular weight excluding hydrogens is 290 g/mol. The third-order valence-electron chi connectivity index (χ3n) is 3.32. The molecule has 3 heterocycles. The second-order valence-electron chi connectivity index (χ2n) is 4.71. The Kier molecular flexibility index (Phi) is 4.12. The lowest BCUT2D eigenvalue weighted by Gasteiger charge is -2.28. The van der Waals surface area contributed by atoms with E-state index >= 15 is 0 Å². The van der Waals surface area contributed by atoms with Gasteiger partial charge in [-0.1, -0.05) is 6.07 Å². The van der Waals surface area contributed by atoms with Crippen LogP contribution in [-0.4, -0.2) is 41.9 Å². The highest BCUT2D eigenvalue weighted by Gasteiger charge is 2.14. The van der Waals surface area contributed by atoms with E-state index in [2.05, 4.69) is 10.00 Å². The first kappa shape index (κ1) is 14.0. The van der Waals surface area contributed by atoms with Crippen LogP contribution in [0.15, 0.2) is 34.6 Å². The van der Waals surface area contributed by atoms with E-state index in [0.717, 1.165) is 18.8 Å². The van der Waals surface area contributed by atoms with Crippen molar-refractivity contribution in [1.82, 2.24) is 9.78 Å². The third kappa shape index (κ3) is 3.20. The number of hydrogen-bond acceptors (Lipinski definition) is 6. The van der Waals surface area contributed by atoms with E-state index in [0.29, 0.717) is 18.1 Å². The summed E-state index contributed by atoms with van der Waals surface area (Å²) in [5.74, 6) is -0.0984. The highest BCUT2D eigenvalue weighted by atomic mass is 32.1. The molecule has 110 valence electrons. The van der Waals surface area contributed by atoms with Gasteiger partial charge in [0.2, 0.25) is 0 Å². The minimum absolute atomic E-state index is 0.0251. The molecule has 0 unspecified atom stereocenters. The fourth-order valence-electron chi connectivity index (χ4n) is 2.19. The van der Waals surface area contributed by atoms with E-state index in [4.69, 9.17) is 4.74 Å². The number of Topliss-reactive ketones (excluding diaryl/α,β-unsaturated/α-hetero) is 1. The summed E-state index contributed by atoms with van der Waals surface area (Å²) in [7, 11) is 0. The largest absolute Gasteiger partial charge is 0.378 e. The van der Waals surface area contributed by atoms with Gasteiger partial charge in [-0.2, -0.15) is 5.10 Å². The molecule has 1 fully saturated rings. The Labute approximate surface area is 125 Å². The first-order valence-electron chi connectivity index (χ1n) is 6.70. The third-order valence-corrected chi connectivity index (χ3v) is 4.23. The molecule has 7 heteroatoms. The summed E-state index contributed by atoms with van der Waals surface area (Å²) < 4.78 is 6.48. The minimum atomic E-state index is -0.260. The summed E-state index contributed by atoms with van der Waals surface area (Å²) in [4.78, 5) is 26.8. The van der Waals surface area contributed by atoms with Gasteiger partial charge in [0.15, 0.2) is 5.78 Å². The van der Waals surface area contributed by atoms with E-state index in [9.17, 15) is 9.59 Å². The molecule has 1 aliphatic rings. The average molecular weight is 305 g/mol. The predicted octanol–water partition coefficient (Wildman–Crippen LogP) is 1.02. The normalized spacial score (nSPS) is 15.1. The van der Waals surface area contributed by atoms with Crippen LogP contribution in [0.2, 0.25) is 0 Å². The van der Waals surface area contributed by atoms with Crippen molar-refractivity contribution < 1.29 is 9.53 Å². The van der Waals surface area contributed by atoms with E-state index in [1.165, 1.54) is 22.1 Å². The number of rotatable bonds is 4. The van der Waals surface area contributed by atoms with E-state index < -0.39 is 0 Å². The van der Waals surface area contributed by atoms with Crippen molar-refractivity contribution in [2.24, 2.45) is 0 Å². The molecule has 3 rings (SSSR count). The van der Waals surface area contributed by atoms with Gasteiger partial charge in [-0.25, -0.2) is 4.68 Å². The van der Waals surface area contributed by atoms with Gasteiger partial charge >= 0.3 is 0 Å². The van der Waals surface area contributed by atoms with E-state index in [1.807, 2.05) is 11.4 Å². The topological polar surface area (TPSA) is 64.4 Å². The number of hydrogen-bond donors (Lipinski definition) is 0. The molecule has 0 radical (unpaired) electrons. The zero-order valence-electron chi connectivity index (χ0n) is 11.4. The second-order valence-corrected chi connectivity index (χ2v) is 5.66. The highest BCUT2D eigenvalue weighted by molar-refractivity contribution is 7.12. The number of carbonyl (C=O) groups excluding carboxylic acids is 1. The standard InChI is InChI=1S/C14H15N3O3S/c18-12(13-2-1-7-21-13)10-17-14(19)8-11(9-15-17)16-3-5-20-6-4-16/h1-2,7-9H,3-6,10H2. The number of carbonyl (C=O) groups is 1. The maximum atomic E-state index is 12.1. The van der Waals surface area contributed by atoms with Gasteiger partial charge in [0.1, 0.15) is 6.54 Å². The molecular formula is C14H15N3O3S. The molecule has 0 spiro atoms. The Balaban J connectivity index is 1.75. The van der Waals surface area contributed by atoms with Crippen LogP contribution in [0.4, 0.5) is 5.69 Å². The van der Waals surface area contributed by atoms with Gasteiger partial charge < -0.3 is 9.64 Å². The van der Waals surface area contributed by atoms with Crippen molar-refractivity contribution >= 4 is 22.8 Å². The molecule has 0 bridgehead atoms. The molecule has 0 saturated carbocycles. The summed E-state index contributed by atoms with van der Waals surface area (Å²) >= 11 is 1.37. The lowest BCUT2D eigenvalue weighted by atomic mass is 10.3.